The maximum atomic E-state index is 12.6. The Hall–Kier alpha value is -3.05. The van der Waals surface area contributed by atoms with Crippen LogP contribution in [0.25, 0.3) is 22.4 Å². The molecule has 1 atom stereocenters. The van der Waals surface area contributed by atoms with E-state index in [9.17, 15) is 4.79 Å². The average molecular weight is 435 g/mol. The third-order valence-electron chi connectivity index (χ3n) is 4.65. The predicted octanol–water partition coefficient (Wildman–Crippen LogP) is 6.86. The fraction of sp³-hybridized carbons (Fsp3) is 0.0870. The number of anilines is 1. The van der Waals surface area contributed by atoms with Crippen molar-refractivity contribution in [2.45, 2.75) is 13.0 Å². The smallest absolute Gasteiger partial charge is 0.412 e. The standard InChI is InChI=1S/C23H19BrN2O2/c1-15(16-6-3-2-4-7-16)28-23(27)26-22-19-8-5-13-25-21(19)14-20(22)17-9-11-18(24)12-10-17/h2-15,25H,1H3,(H,26,27)/t15-/m1/s1. The molecular weight excluding hydrogens is 416 g/mol. The van der Waals surface area contributed by atoms with E-state index in [1.165, 1.54) is 0 Å². The number of aromatic nitrogens is 1. The molecule has 2 aromatic rings. The molecule has 0 fully saturated rings. The van der Waals surface area contributed by atoms with Crippen LogP contribution in [0.3, 0.4) is 0 Å². The van der Waals surface area contributed by atoms with Crippen LogP contribution < -0.4 is 5.32 Å². The lowest BCUT2D eigenvalue weighted by Crippen LogP contribution is -2.16. The average Bonchev–Trinajstić information content (AvgIpc) is 3.07. The number of amides is 1. The third kappa shape index (κ3) is 3.80. The van der Waals surface area contributed by atoms with Crippen molar-refractivity contribution in [1.29, 1.82) is 0 Å². The minimum atomic E-state index is -0.480. The van der Waals surface area contributed by atoms with Crippen LogP contribution >= 0.6 is 15.9 Å². The topological polar surface area (TPSA) is 54.1 Å². The molecule has 140 valence electrons. The number of nitrogens with one attached hydrogen (secondary N) is 2. The second-order valence-corrected chi connectivity index (χ2v) is 7.44. The van der Waals surface area contributed by atoms with Crippen LogP contribution in [0.1, 0.15) is 18.6 Å². The normalized spacial score (nSPS) is 11.9. The molecule has 0 saturated carbocycles. The van der Waals surface area contributed by atoms with E-state index in [1.807, 2.05) is 85.9 Å². The maximum absolute atomic E-state index is 12.6. The molecule has 28 heavy (non-hydrogen) atoms. The van der Waals surface area contributed by atoms with E-state index in [0.717, 1.165) is 38.1 Å². The number of rotatable bonds is 4. The molecule has 5 heteroatoms. The molecule has 2 N–H and O–H groups in total. The van der Waals surface area contributed by atoms with Crippen molar-refractivity contribution in [3.63, 3.8) is 0 Å². The number of halogens is 1. The number of hydrogen-bond acceptors (Lipinski definition) is 2. The molecule has 1 amide bonds. The first-order valence-corrected chi connectivity index (χ1v) is 9.80. The Morgan fingerprint density at radius 1 is 1.00 bits per heavy atom. The van der Waals surface area contributed by atoms with Crippen molar-refractivity contribution in [1.82, 2.24) is 4.98 Å². The molecular formula is C23H19BrN2O2. The lowest BCUT2D eigenvalue weighted by Gasteiger charge is -2.15. The van der Waals surface area contributed by atoms with Gasteiger partial charge in [0.25, 0.3) is 0 Å². The van der Waals surface area contributed by atoms with Crippen molar-refractivity contribution in [2.24, 2.45) is 0 Å². The van der Waals surface area contributed by atoms with Crippen LogP contribution in [0.4, 0.5) is 10.5 Å². The van der Waals surface area contributed by atoms with Gasteiger partial charge in [0.05, 0.1) is 5.69 Å². The summed E-state index contributed by atoms with van der Waals surface area (Å²) < 4.78 is 6.61. The lowest BCUT2D eigenvalue weighted by atomic mass is 10.1. The SMILES string of the molecule is C[C@@H](OC(=O)Nc1c(-c2ccc(Br)cc2)cc2[nH]cccc1-2)c1ccccc1. The molecule has 1 aliphatic carbocycles. The number of carbonyl (C=O) groups excluding carboxylic acids is 1. The van der Waals surface area contributed by atoms with Gasteiger partial charge in [0.15, 0.2) is 0 Å². The van der Waals surface area contributed by atoms with E-state index in [1.54, 1.807) is 0 Å². The number of pyridine rings is 1. The van der Waals surface area contributed by atoms with E-state index >= 15 is 0 Å². The highest BCUT2D eigenvalue weighted by atomic mass is 79.9. The quantitative estimate of drug-likeness (QED) is 0.368. The zero-order valence-corrected chi connectivity index (χ0v) is 16.9. The fourth-order valence-corrected chi connectivity index (χ4v) is 3.49. The van der Waals surface area contributed by atoms with Crippen LogP contribution in [0.2, 0.25) is 0 Å². The first-order valence-electron chi connectivity index (χ1n) is 9.00. The Bertz CT molecular complexity index is 1060. The van der Waals surface area contributed by atoms with Gasteiger partial charge in [-0.15, -0.1) is 0 Å². The highest BCUT2D eigenvalue weighted by Crippen LogP contribution is 2.41. The molecule has 0 unspecified atom stereocenters. The monoisotopic (exact) mass is 434 g/mol. The predicted molar refractivity (Wildman–Crippen MR) is 116 cm³/mol. The van der Waals surface area contributed by atoms with Gasteiger partial charge < -0.3 is 9.72 Å². The van der Waals surface area contributed by atoms with Crippen LogP contribution in [0.15, 0.2) is 83.5 Å². The molecule has 1 aliphatic heterocycles. The van der Waals surface area contributed by atoms with Crippen molar-refractivity contribution in [3.8, 4) is 22.4 Å². The number of benzene rings is 2. The summed E-state index contributed by atoms with van der Waals surface area (Å²) in [6, 6.07) is 23.6. The highest BCUT2D eigenvalue weighted by Gasteiger charge is 2.21. The zero-order chi connectivity index (χ0) is 19.5. The number of aromatic amines is 1. The summed E-state index contributed by atoms with van der Waals surface area (Å²) in [5.41, 5.74) is 5.52. The second kappa shape index (κ2) is 7.90. The molecule has 0 saturated heterocycles. The van der Waals surface area contributed by atoms with Crippen LogP contribution in [0, 0.1) is 0 Å². The summed E-state index contributed by atoms with van der Waals surface area (Å²) >= 11 is 3.46. The molecule has 2 aromatic carbocycles. The van der Waals surface area contributed by atoms with E-state index in [4.69, 9.17) is 4.74 Å². The van der Waals surface area contributed by atoms with E-state index in [2.05, 4.69) is 26.2 Å². The van der Waals surface area contributed by atoms with E-state index in [0.29, 0.717) is 0 Å². The Labute approximate surface area is 172 Å². The van der Waals surface area contributed by atoms with Crippen molar-refractivity contribution in [3.05, 3.63) is 89.0 Å². The maximum Gasteiger partial charge on any atom is 0.412 e. The lowest BCUT2D eigenvalue weighted by molar-refractivity contribution is 0.121. The number of hydrogen-bond donors (Lipinski definition) is 2. The van der Waals surface area contributed by atoms with E-state index in [-0.39, 0.29) is 6.10 Å². The zero-order valence-electron chi connectivity index (χ0n) is 15.3. The summed E-state index contributed by atoms with van der Waals surface area (Å²) in [5.74, 6) is 0. The summed E-state index contributed by atoms with van der Waals surface area (Å²) in [6.07, 6.45) is 1.05. The number of carbonyl (C=O) groups is 1. The first-order chi connectivity index (χ1) is 13.6. The summed E-state index contributed by atoms with van der Waals surface area (Å²) in [7, 11) is 0. The highest BCUT2D eigenvalue weighted by molar-refractivity contribution is 9.10. The van der Waals surface area contributed by atoms with Crippen LogP contribution in [0.5, 0.6) is 0 Å². The van der Waals surface area contributed by atoms with Crippen molar-refractivity contribution in [2.75, 3.05) is 5.32 Å². The molecule has 0 bridgehead atoms. The van der Waals surface area contributed by atoms with Crippen LogP contribution in [-0.4, -0.2) is 11.1 Å². The number of H-pyrrole nitrogens is 1. The molecule has 1 heterocycles. The molecule has 2 aliphatic rings. The van der Waals surface area contributed by atoms with Crippen molar-refractivity contribution >= 4 is 27.7 Å². The molecule has 0 spiro atoms. The molecule has 4 nitrogen and oxygen atoms in total. The summed E-state index contributed by atoms with van der Waals surface area (Å²) in [6.45, 7) is 1.86. The Morgan fingerprint density at radius 2 is 1.75 bits per heavy atom. The number of ether oxygens (including phenoxy) is 1. The van der Waals surface area contributed by atoms with Gasteiger partial charge in [0.2, 0.25) is 0 Å². The van der Waals surface area contributed by atoms with Gasteiger partial charge in [-0.1, -0.05) is 58.4 Å². The Kier molecular flexibility index (Phi) is 5.17. The Morgan fingerprint density at radius 3 is 2.50 bits per heavy atom. The molecule has 0 radical (unpaired) electrons. The minimum absolute atomic E-state index is 0.342. The first kappa shape index (κ1) is 18.3. The summed E-state index contributed by atoms with van der Waals surface area (Å²) in [4.78, 5) is 15.9. The van der Waals surface area contributed by atoms with Gasteiger partial charge in [-0.3, -0.25) is 5.32 Å². The van der Waals surface area contributed by atoms with Gasteiger partial charge in [-0.25, -0.2) is 4.79 Å². The molecule has 0 aromatic heterocycles. The van der Waals surface area contributed by atoms with Gasteiger partial charge in [0.1, 0.15) is 6.10 Å². The van der Waals surface area contributed by atoms with Gasteiger partial charge in [0, 0.05) is 27.5 Å². The fourth-order valence-electron chi connectivity index (χ4n) is 3.22. The van der Waals surface area contributed by atoms with Crippen LogP contribution in [-0.2, 0) is 4.74 Å². The largest absolute Gasteiger partial charge is 0.441 e. The second-order valence-electron chi connectivity index (χ2n) is 6.52. The van der Waals surface area contributed by atoms with Gasteiger partial charge in [-0.2, -0.15) is 0 Å². The number of fused-ring (bicyclic) bond motifs is 1. The molecule has 4 rings (SSSR count). The van der Waals surface area contributed by atoms with Gasteiger partial charge >= 0.3 is 6.09 Å². The van der Waals surface area contributed by atoms with Crippen molar-refractivity contribution < 1.29 is 9.53 Å². The Balaban J connectivity index is 1.63. The van der Waals surface area contributed by atoms with Gasteiger partial charge in [-0.05, 0) is 48.4 Å². The third-order valence-corrected chi connectivity index (χ3v) is 5.18. The summed E-state index contributed by atoms with van der Waals surface area (Å²) in [5, 5.41) is 2.95. The minimum Gasteiger partial charge on any atom is -0.441 e. The van der Waals surface area contributed by atoms with E-state index < -0.39 is 6.09 Å².